The number of rotatable bonds is 5. The molecule has 2 atom stereocenters. The van der Waals surface area contributed by atoms with Gasteiger partial charge < -0.3 is 19.9 Å². The number of benzene rings is 1. The second-order valence-corrected chi connectivity index (χ2v) is 5.75. The number of ether oxygens (including phenoxy) is 2. The molecule has 2 N–H and O–H groups in total. The van der Waals surface area contributed by atoms with Gasteiger partial charge in [-0.15, -0.1) is 11.3 Å². The van der Waals surface area contributed by atoms with Crippen LogP contribution in [0.4, 0.5) is 0 Å². The molecule has 1 aliphatic heterocycles. The van der Waals surface area contributed by atoms with Crippen molar-refractivity contribution < 1.29 is 14.6 Å². The van der Waals surface area contributed by atoms with Crippen molar-refractivity contribution in [3.63, 3.8) is 0 Å². The van der Waals surface area contributed by atoms with E-state index in [1.165, 1.54) is 4.88 Å². The Hall–Kier alpha value is -1.56. The SMILES string of the molecule is C[C@H](NCC(O)c1ccc2c(c1)OCO2)c1cccs1. The Kier molecular flexibility index (Phi) is 3.91. The van der Waals surface area contributed by atoms with E-state index < -0.39 is 6.10 Å². The molecule has 20 heavy (non-hydrogen) atoms. The third kappa shape index (κ3) is 2.80. The molecular formula is C15H17NO3S. The minimum absolute atomic E-state index is 0.235. The molecule has 106 valence electrons. The fourth-order valence-corrected chi connectivity index (χ4v) is 2.92. The van der Waals surface area contributed by atoms with E-state index in [1.54, 1.807) is 11.3 Å². The highest BCUT2D eigenvalue weighted by atomic mass is 32.1. The maximum absolute atomic E-state index is 10.2. The average molecular weight is 291 g/mol. The number of aliphatic hydroxyl groups is 1. The molecule has 0 radical (unpaired) electrons. The molecule has 0 saturated carbocycles. The van der Waals surface area contributed by atoms with Gasteiger partial charge in [0, 0.05) is 17.5 Å². The average Bonchev–Trinajstić information content (AvgIpc) is 3.13. The highest BCUT2D eigenvalue weighted by molar-refractivity contribution is 7.10. The Morgan fingerprint density at radius 2 is 2.15 bits per heavy atom. The molecule has 1 aromatic carbocycles. The first kappa shape index (κ1) is 13.4. The van der Waals surface area contributed by atoms with E-state index in [9.17, 15) is 5.11 Å². The molecule has 2 aromatic rings. The second-order valence-electron chi connectivity index (χ2n) is 4.77. The third-order valence-corrected chi connectivity index (χ3v) is 4.42. The lowest BCUT2D eigenvalue weighted by Gasteiger charge is -2.16. The van der Waals surface area contributed by atoms with Gasteiger partial charge in [0.25, 0.3) is 0 Å². The lowest BCUT2D eigenvalue weighted by atomic mass is 10.1. The van der Waals surface area contributed by atoms with Gasteiger partial charge in [-0.05, 0) is 36.1 Å². The minimum Gasteiger partial charge on any atom is -0.454 e. The number of fused-ring (bicyclic) bond motifs is 1. The van der Waals surface area contributed by atoms with E-state index >= 15 is 0 Å². The van der Waals surface area contributed by atoms with Gasteiger partial charge in [-0.25, -0.2) is 0 Å². The zero-order valence-corrected chi connectivity index (χ0v) is 12.0. The molecule has 1 unspecified atom stereocenters. The first-order valence-corrected chi connectivity index (χ1v) is 7.46. The number of nitrogens with one attached hydrogen (secondary N) is 1. The largest absolute Gasteiger partial charge is 0.454 e. The summed E-state index contributed by atoms with van der Waals surface area (Å²) in [6.45, 7) is 2.85. The zero-order chi connectivity index (χ0) is 13.9. The maximum atomic E-state index is 10.2. The van der Waals surface area contributed by atoms with Crippen molar-refractivity contribution in [2.45, 2.75) is 19.1 Å². The predicted molar refractivity (Wildman–Crippen MR) is 78.3 cm³/mol. The summed E-state index contributed by atoms with van der Waals surface area (Å²) < 4.78 is 10.6. The van der Waals surface area contributed by atoms with Crippen molar-refractivity contribution in [2.24, 2.45) is 0 Å². The van der Waals surface area contributed by atoms with Gasteiger partial charge in [0.2, 0.25) is 6.79 Å². The van der Waals surface area contributed by atoms with Crippen LogP contribution in [-0.4, -0.2) is 18.4 Å². The van der Waals surface area contributed by atoms with Crippen molar-refractivity contribution in [3.8, 4) is 11.5 Å². The molecule has 1 aliphatic rings. The molecule has 2 heterocycles. The first-order chi connectivity index (χ1) is 9.74. The van der Waals surface area contributed by atoms with Gasteiger partial charge in [0.05, 0.1) is 6.10 Å². The molecule has 3 rings (SSSR count). The first-order valence-electron chi connectivity index (χ1n) is 6.58. The summed E-state index contributed by atoms with van der Waals surface area (Å²) >= 11 is 1.71. The van der Waals surface area contributed by atoms with Gasteiger partial charge >= 0.3 is 0 Å². The van der Waals surface area contributed by atoms with Crippen LogP contribution in [0, 0.1) is 0 Å². The molecule has 0 bridgehead atoms. The van der Waals surface area contributed by atoms with E-state index in [2.05, 4.69) is 23.7 Å². The molecule has 0 spiro atoms. The van der Waals surface area contributed by atoms with Gasteiger partial charge in [-0.1, -0.05) is 12.1 Å². The van der Waals surface area contributed by atoms with Gasteiger partial charge in [0.15, 0.2) is 11.5 Å². The standard InChI is InChI=1S/C15H17NO3S/c1-10(15-3-2-6-20-15)16-8-12(17)11-4-5-13-14(7-11)19-9-18-13/h2-7,10,12,16-17H,8-9H2,1H3/t10-,12?/m0/s1. The van der Waals surface area contributed by atoms with E-state index in [0.29, 0.717) is 12.3 Å². The summed E-state index contributed by atoms with van der Waals surface area (Å²) in [6.07, 6.45) is -0.563. The van der Waals surface area contributed by atoms with E-state index in [1.807, 2.05) is 24.3 Å². The number of thiophene rings is 1. The third-order valence-electron chi connectivity index (χ3n) is 3.37. The molecular weight excluding hydrogens is 274 g/mol. The normalized spacial score (nSPS) is 16.1. The van der Waals surface area contributed by atoms with Crippen LogP contribution in [0.5, 0.6) is 11.5 Å². The predicted octanol–water partition coefficient (Wildman–Crippen LogP) is 2.86. The lowest BCUT2D eigenvalue weighted by Crippen LogP contribution is -2.24. The van der Waals surface area contributed by atoms with Crippen molar-refractivity contribution in [2.75, 3.05) is 13.3 Å². The molecule has 4 nitrogen and oxygen atoms in total. The Bertz CT molecular complexity index is 571. The summed E-state index contributed by atoms with van der Waals surface area (Å²) in [6, 6.07) is 9.91. The monoisotopic (exact) mass is 291 g/mol. The minimum atomic E-state index is -0.563. The van der Waals surface area contributed by atoms with Gasteiger partial charge in [-0.3, -0.25) is 0 Å². The summed E-state index contributed by atoms with van der Waals surface area (Å²) in [5, 5.41) is 15.6. The smallest absolute Gasteiger partial charge is 0.231 e. The van der Waals surface area contributed by atoms with Crippen molar-refractivity contribution in [1.82, 2.24) is 5.32 Å². The Morgan fingerprint density at radius 1 is 1.30 bits per heavy atom. The van der Waals surface area contributed by atoms with Crippen LogP contribution in [0.1, 0.15) is 29.5 Å². The summed E-state index contributed by atoms with van der Waals surface area (Å²) in [7, 11) is 0. The van der Waals surface area contributed by atoms with Crippen LogP contribution in [0.15, 0.2) is 35.7 Å². The van der Waals surface area contributed by atoms with Crippen LogP contribution in [0.2, 0.25) is 0 Å². The zero-order valence-electron chi connectivity index (χ0n) is 11.2. The highest BCUT2D eigenvalue weighted by Gasteiger charge is 2.17. The Balaban J connectivity index is 1.60. The van der Waals surface area contributed by atoms with Crippen LogP contribution >= 0.6 is 11.3 Å². The van der Waals surface area contributed by atoms with Crippen LogP contribution < -0.4 is 14.8 Å². The summed E-state index contributed by atoms with van der Waals surface area (Å²) in [5.41, 5.74) is 0.833. The fraction of sp³-hybridized carbons (Fsp3) is 0.333. The quantitative estimate of drug-likeness (QED) is 0.889. The lowest BCUT2D eigenvalue weighted by molar-refractivity contribution is 0.168. The van der Waals surface area contributed by atoms with Crippen molar-refractivity contribution in [3.05, 3.63) is 46.2 Å². The van der Waals surface area contributed by atoms with Gasteiger partial charge in [-0.2, -0.15) is 0 Å². The van der Waals surface area contributed by atoms with E-state index in [-0.39, 0.29) is 12.8 Å². The van der Waals surface area contributed by atoms with Crippen LogP contribution in [-0.2, 0) is 0 Å². The van der Waals surface area contributed by atoms with Crippen molar-refractivity contribution in [1.29, 1.82) is 0 Å². The van der Waals surface area contributed by atoms with Crippen LogP contribution in [0.3, 0.4) is 0 Å². The fourth-order valence-electron chi connectivity index (χ4n) is 2.16. The highest BCUT2D eigenvalue weighted by Crippen LogP contribution is 2.34. The molecule has 0 amide bonds. The maximum Gasteiger partial charge on any atom is 0.231 e. The Morgan fingerprint density at radius 3 is 2.95 bits per heavy atom. The molecule has 1 aromatic heterocycles. The van der Waals surface area contributed by atoms with E-state index in [4.69, 9.17) is 9.47 Å². The van der Waals surface area contributed by atoms with Crippen LogP contribution in [0.25, 0.3) is 0 Å². The van der Waals surface area contributed by atoms with E-state index in [0.717, 1.165) is 11.3 Å². The number of hydrogen-bond donors (Lipinski definition) is 2. The molecule has 0 aliphatic carbocycles. The van der Waals surface area contributed by atoms with Crippen molar-refractivity contribution >= 4 is 11.3 Å². The second kappa shape index (κ2) is 5.83. The summed E-state index contributed by atoms with van der Waals surface area (Å²) in [5.74, 6) is 1.44. The molecule has 0 saturated heterocycles. The molecule has 5 heteroatoms. The topological polar surface area (TPSA) is 50.7 Å². The Labute approximate surface area is 122 Å². The molecule has 0 fully saturated rings. The number of hydrogen-bond acceptors (Lipinski definition) is 5. The van der Waals surface area contributed by atoms with Gasteiger partial charge in [0.1, 0.15) is 0 Å². The number of aliphatic hydroxyl groups excluding tert-OH is 1. The summed E-state index contributed by atoms with van der Waals surface area (Å²) in [4.78, 5) is 1.27.